The minimum atomic E-state index is -4.07. The summed E-state index contributed by atoms with van der Waals surface area (Å²) in [5.74, 6) is -1.77. The highest BCUT2D eigenvalue weighted by Crippen LogP contribution is 2.51. The Kier molecular flexibility index (Phi) is 8.03. The highest BCUT2D eigenvalue weighted by Gasteiger charge is 2.57. The summed E-state index contributed by atoms with van der Waals surface area (Å²) in [5.41, 5.74) is 1.29. The van der Waals surface area contributed by atoms with Gasteiger partial charge in [0, 0.05) is 17.0 Å². The Bertz CT molecular complexity index is 1160. The minimum Gasteiger partial charge on any atom is -0.481 e. The zero-order valence-electron chi connectivity index (χ0n) is 19.8. The first kappa shape index (κ1) is 25.9. The predicted molar refractivity (Wildman–Crippen MR) is 137 cm³/mol. The van der Waals surface area contributed by atoms with Crippen LogP contribution in [0.1, 0.15) is 49.3 Å². The summed E-state index contributed by atoms with van der Waals surface area (Å²) in [5, 5.41) is 9.91. The fourth-order valence-corrected chi connectivity index (χ4v) is 8.85. The normalized spacial score (nSPS) is 25.7. The van der Waals surface area contributed by atoms with Gasteiger partial charge in [-0.15, -0.1) is 6.58 Å². The highest BCUT2D eigenvalue weighted by molar-refractivity contribution is 8.00. The second-order valence-corrected chi connectivity index (χ2v) is 12.6. The summed E-state index contributed by atoms with van der Waals surface area (Å²) in [7, 11) is -4.07. The molecule has 1 N–H and O–H groups in total. The van der Waals surface area contributed by atoms with Crippen molar-refractivity contribution < 1.29 is 22.7 Å². The lowest BCUT2D eigenvalue weighted by molar-refractivity contribution is -0.142. The highest BCUT2D eigenvalue weighted by atomic mass is 32.2. The van der Waals surface area contributed by atoms with E-state index in [1.54, 1.807) is 36.4 Å². The molecule has 4 atom stereocenters. The van der Waals surface area contributed by atoms with E-state index in [0.29, 0.717) is 23.7 Å². The van der Waals surface area contributed by atoms with E-state index in [-0.39, 0.29) is 4.90 Å². The first-order valence-electron chi connectivity index (χ1n) is 12.0. The van der Waals surface area contributed by atoms with E-state index in [1.807, 2.05) is 6.92 Å². The quantitative estimate of drug-likeness (QED) is 0.425. The van der Waals surface area contributed by atoms with Crippen molar-refractivity contribution in [2.75, 3.05) is 5.75 Å². The molecule has 0 unspecified atom stereocenters. The van der Waals surface area contributed by atoms with Crippen molar-refractivity contribution >= 4 is 27.8 Å². The summed E-state index contributed by atoms with van der Waals surface area (Å²) in [6.45, 7) is 5.66. The molecule has 0 bridgehead atoms. The molecule has 1 aliphatic heterocycles. The van der Waals surface area contributed by atoms with Crippen molar-refractivity contribution in [1.82, 2.24) is 4.31 Å². The van der Waals surface area contributed by atoms with Crippen LogP contribution in [0.3, 0.4) is 0 Å². The fraction of sp³-hybridized carbons (Fsp3) is 0.444. The van der Waals surface area contributed by atoms with E-state index in [0.717, 1.165) is 31.2 Å². The molecule has 5 nitrogen and oxygen atoms in total. The monoisotopic (exact) mass is 517 g/mol. The van der Waals surface area contributed by atoms with Crippen molar-refractivity contribution in [3.8, 4) is 0 Å². The van der Waals surface area contributed by atoms with Crippen LogP contribution in [0.5, 0.6) is 0 Å². The van der Waals surface area contributed by atoms with Crippen molar-refractivity contribution in [2.24, 2.45) is 11.8 Å². The number of sulfonamides is 1. The zero-order chi connectivity index (χ0) is 25.2. The Hall–Kier alpha value is -2.16. The number of carboxylic acids is 1. The molecule has 2 aromatic carbocycles. The summed E-state index contributed by atoms with van der Waals surface area (Å²) in [6, 6.07) is 10.8. The molecular weight excluding hydrogens is 485 g/mol. The van der Waals surface area contributed by atoms with Gasteiger partial charge in [0.2, 0.25) is 10.0 Å². The van der Waals surface area contributed by atoms with Crippen molar-refractivity contribution in [3.05, 3.63) is 78.1 Å². The molecule has 2 aliphatic rings. The van der Waals surface area contributed by atoms with Gasteiger partial charge in [-0.3, -0.25) is 4.79 Å². The molecule has 2 fully saturated rings. The van der Waals surface area contributed by atoms with Crippen molar-refractivity contribution in [3.63, 3.8) is 0 Å². The summed E-state index contributed by atoms with van der Waals surface area (Å²) in [4.78, 5) is 12.9. The van der Waals surface area contributed by atoms with Gasteiger partial charge in [0.15, 0.2) is 0 Å². The van der Waals surface area contributed by atoms with E-state index < -0.39 is 45.1 Å². The second-order valence-electron chi connectivity index (χ2n) is 9.55. The summed E-state index contributed by atoms with van der Waals surface area (Å²) >= 11 is 1.43. The van der Waals surface area contributed by atoms with E-state index in [2.05, 4.69) is 6.58 Å². The maximum atomic E-state index is 14.3. The van der Waals surface area contributed by atoms with Crippen molar-refractivity contribution in [2.45, 2.75) is 61.3 Å². The number of aliphatic carboxylic acids is 1. The molecule has 1 heterocycles. The number of aryl methyl sites for hydroxylation is 1. The minimum absolute atomic E-state index is 0.124. The first-order chi connectivity index (χ1) is 16.7. The average Bonchev–Trinajstić information content (AvgIpc) is 3.44. The number of halogens is 1. The Morgan fingerprint density at radius 2 is 1.89 bits per heavy atom. The molecule has 1 aliphatic carbocycles. The van der Waals surface area contributed by atoms with Gasteiger partial charge in [0.25, 0.3) is 0 Å². The third-order valence-electron chi connectivity index (χ3n) is 7.20. The molecular formula is C27H32FNO4S2. The van der Waals surface area contributed by atoms with E-state index in [9.17, 15) is 22.7 Å². The fourth-order valence-electron chi connectivity index (χ4n) is 5.63. The smallest absolute Gasteiger partial charge is 0.309 e. The predicted octanol–water partition coefficient (Wildman–Crippen LogP) is 5.82. The number of benzene rings is 2. The molecule has 4 rings (SSSR count). The van der Waals surface area contributed by atoms with Gasteiger partial charge in [-0.1, -0.05) is 61.6 Å². The van der Waals surface area contributed by atoms with Crippen molar-refractivity contribution in [1.29, 1.82) is 0 Å². The molecule has 0 amide bonds. The summed E-state index contributed by atoms with van der Waals surface area (Å²) in [6.07, 6.45) is 6.52. The number of rotatable bonds is 9. The van der Waals surface area contributed by atoms with Crippen LogP contribution in [-0.4, -0.2) is 40.8 Å². The standard InChI is InChI=1S/C27H32FNO4S2/c1-3-15-34-26-23(16-19-7-4-5-8-19)29(35(32,33)22-13-11-18(2)12-14-22)25(24(26)27(30)31)20-9-6-10-21(28)17-20/h3,6,9-14,17,19,23-26H,1,4-5,7-8,15-16H2,2H3,(H,30,31)/t23-,24+,25+,26-/m1/s1. The van der Waals surface area contributed by atoms with Crippen LogP contribution in [0.4, 0.5) is 4.39 Å². The Morgan fingerprint density at radius 3 is 2.49 bits per heavy atom. The van der Waals surface area contributed by atoms with Crippen LogP contribution in [0.15, 0.2) is 66.1 Å². The third kappa shape index (κ3) is 5.34. The Balaban J connectivity index is 1.90. The van der Waals surface area contributed by atoms with Crippen LogP contribution in [0, 0.1) is 24.6 Å². The molecule has 188 valence electrons. The van der Waals surface area contributed by atoms with Gasteiger partial charge < -0.3 is 5.11 Å². The van der Waals surface area contributed by atoms with Crippen LogP contribution in [-0.2, 0) is 14.8 Å². The average molecular weight is 518 g/mol. The number of hydrogen-bond donors (Lipinski definition) is 1. The largest absolute Gasteiger partial charge is 0.481 e. The first-order valence-corrected chi connectivity index (χ1v) is 14.5. The number of carboxylic acid groups (broad SMARTS) is 1. The number of hydrogen-bond acceptors (Lipinski definition) is 4. The van der Waals surface area contributed by atoms with Gasteiger partial charge in [-0.25, -0.2) is 12.8 Å². The molecule has 0 spiro atoms. The Morgan fingerprint density at radius 1 is 1.20 bits per heavy atom. The zero-order valence-corrected chi connectivity index (χ0v) is 21.5. The van der Waals surface area contributed by atoms with E-state index in [4.69, 9.17) is 0 Å². The third-order valence-corrected chi connectivity index (χ3v) is 10.5. The van der Waals surface area contributed by atoms with Crippen LogP contribution in [0.2, 0.25) is 0 Å². The lowest BCUT2D eigenvalue weighted by Crippen LogP contribution is -2.41. The number of nitrogens with zero attached hydrogens (tertiary/aromatic N) is 1. The molecule has 8 heteroatoms. The van der Waals surface area contributed by atoms with Gasteiger partial charge in [-0.2, -0.15) is 16.1 Å². The van der Waals surface area contributed by atoms with Crippen LogP contribution in [0.25, 0.3) is 0 Å². The molecule has 35 heavy (non-hydrogen) atoms. The van der Waals surface area contributed by atoms with Gasteiger partial charge in [0.05, 0.1) is 16.9 Å². The molecule has 1 saturated heterocycles. The Labute approximate surface area is 211 Å². The second kappa shape index (κ2) is 10.8. The molecule has 2 aromatic rings. The van der Waals surface area contributed by atoms with E-state index >= 15 is 0 Å². The molecule has 0 radical (unpaired) electrons. The van der Waals surface area contributed by atoms with E-state index in [1.165, 1.54) is 34.3 Å². The molecule has 1 saturated carbocycles. The SMILES string of the molecule is C=CCS[C@H]1[C@@H](C(=O)O)[C@H](c2cccc(F)c2)N(S(=O)(=O)c2ccc(C)cc2)[C@@H]1CC1CCCC1. The van der Waals surface area contributed by atoms with Gasteiger partial charge in [-0.05, 0) is 49.1 Å². The topological polar surface area (TPSA) is 74.7 Å². The maximum Gasteiger partial charge on any atom is 0.309 e. The lowest BCUT2D eigenvalue weighted by atomic mass is 9.91. The number of carbonyl (C=O) groups is 1. The molecule has 0 aromatic heterocycles. The van der Waals surface area contributed by atoms with Crippen LogP contribution >= 0.6 is 11.8 Å². The van der Waals surface area contributed by atoms with Gasteiger partial charge >= 0.3 is 5.97 Å². The number of thioether (sulfide) groups is 1. The maximum absolute atomic E-state index is 14.3. The summed E-state index contributed by atoms with van der Waals surface area (Å²) < 4.78 is 44.1. The lowest BCUT2D eigenvalue weighted by Gasteiger charge is -2.32. The van der Waals surface area contributed by atoms with Crippen LogP contribution < -0.4 is 0 Å². The van der Waals surface area contributed by atoms with Gasteiger partial charge in [0.1, 0.15) is 5.82 Å².